The van der Waals surface area contributed by atoms with E-state index in [-0.39, 0.29) is 23.9 Å². The number of aryl methyl sites for hydroxylation is 1. The normalized spacial score (nSPS) is 10.4. The summed E-state index contributed by atoms with van der Waals surface area (Å²) in [6, 6.07) is 6.79. The van der Waals surface area contributed by atoms with Crippen LogP contribution in [0.3, 0.4) is 0 Å². The topological polar surface area (TPSA) is 88.7 Å². The van der Waals surface area contributed by atoms with Crippen molar-refractivity contribution in [2.75, 3.05) is 27.3 Å². The zero-order chi connectivity index (χ0) is 20.1. The lowest BCUT2D eigenvalue weighted by atomic mass is 10.0. The number of methoxy groups -OCH3 is 2. The minimum atomic E-state index is -0.533. The summed E-state index contributed by atoms with van der Waals surface area (Å²) in [5.41, 5.74) is 2.20. The molecular formula is C20H24N2O5. The smallest absolute Gasteiger partial charge is 0.354 e. The van der Waals surface area contributed by atoms with Crippen LogP contribution in [0.4, 0.5) is 0 Å². The third kappa shape index (κ3) is 4.19. The quantitative estimate of drug-likeness (QED) is 0.596. The maximum Gasteiger partial charge on any atom is 0.354 e. The highest BCUT2D eigenvalue weighted by Crippen LogP contribution is 2.20. The number of ether oxygens (including phenoxy) is 2. The second kappa shape index (κ2) is 8.53. The number of nitrogens with zero attached hydrogens (tertiary/aromatic N) is 1. The molecule has 0 spiro atoms. The largest absolute Gasteiger partial charge is 0.497 e. The standard InChI is InChI=1S/C20H24N2O5/c1-6-22(19(24)14-8-7-9-15(10-14)26-4)11-16(23)17-12(2)18(20(25)27-5)21-13(17)3/h7-10,21H,6,11H2,1-5H3. The van der Waals surface area contributed by atoms with Crippen LogP contribution in [0.1, 0.15) is 49.4 Å². The summed E-state index contributed by atoms with van der Waals surface area (Å²) in [6.07, 6.45) is 0. The molecule has 144 valence electrons. The number of benzene rings is 1. The molecule has 0 saturated carbocycles. The van der Waals surface area contributed by atoms with Gasteiger partial charge in [-0.05, 0) is 44.5 Å². The highest BCUT2D eigenvalue weighted by Gasteiger charge is 2.25. The van der Waals surface area contributed by atoms with Crippen molar-refractivity contribution in [1.29, 1.82) is 0 Å². The number of aromatic nitrogens is 1. The van der Waals surface area contributed by atoms with Gasteiger partial charge >= 0.3 is 5.97 Å². The maximum atomic E-state index is 12.8. The Labute approximate surface area is 158 Å². The van der Waals surface area contributed by atoms with E-state index in [4.69, 9.17) is 9.47 Å². The molecule has 1 amide bonds. The van der Waals surface area contributed by atoms with Crippen molar-refractivity contribution in [3.8, 4) is 5.75 Å². The van der Waals surface area contributed by atoms with E-state index in [0.717, 1.165) is 0 Å². The van der Waals surface area contributed by atoms with Gasteiger partial charge in [-0.3, -0.25) is 9.59 Å². The van der Waals surface area contributed by atoms with Crippen LogP contribution in [-0.4, -0.2) is 54.9 Å². The summed E-state index contributed by atoms with van der Waals surface area (Å²) in [4.78, 5) is 41.8. The number of amides is 1. The fourth-order valence-electron chi connectivity index (χ4n) is 2.99. The van der Waals surface area contributed by atoms with Gasteiger partial charge < -0.3 is 19.4 Å². The molecule has 1 N–H and O–H groups in total. The minimum Gasteiger partial charge on any atom is -0.497 e. The second-order valence-electron chi connectivity index (χ2n) is 6.09. The first kappa shape index (κ1) is 20.2. The van der Waals surface area contributed by atoms with Crippen LogP contribution in [0, 0.1) is 13.8 Å². The molecule has 0 saturated heterocycles. The third-order valence-corrected chi connectivity index (χ3v) is 4.43. The lowest BCUT2D eigenvalue weighted by molar-refractivity contribution is 0.0593. The van der Waals surface area contributed by atoms with Gasteiger partial charge in [0.2, 0.25) is 0 Å². The van der Waals surface area contributed by atoms with E-state index in [0.29, 0.717) is 34.7 Å². The number of aromatic amines is 1. The molecule has 7 heteroatoms. The van der Waals surface area contributed by atoms with E-state index in [1.807, 2.05) is 6.92 Å². The summed E-state index contributed by atoms with van der Waals surface area (Å²) in [5, 5.41) is 0. The fraction of sp³-hybridized carbons (Fsp3) is 0.350. The number of rotatable bonds is 7. The predicted molar refractivity (Wildman–Crippen MR) is 101 cm³/mol. The number of nitrogens with one attached hydrogen (secondary N) is 1. The number of Topliss-reactive ketones (excluding diaryl/α,β-unsaturated/α-hetero) is 1. The van der Waals surface area contributed by atoms with Crippen molar-refractivity contribution in [2.24, 2.45) is 0 Å². The van der Waals surface area contributed by atoms with Crippen LogP contribution in [0.25, 0.3) is 0 Å². The van der Waals surface area contributed by atoms with Crippen molar-refractivity contribution in [1.82, 2.24) is 9.88 Å². The van der Waals surface area contributed by atoms with E-state index >= 15 is 0 Å². The first-order chi connectivity index (χ1) is 12.8. The monoisotopic (exact) mass is 372 g/mol. The molecular weight excluding hydrogens is 348 g/mol. The van der Waals surface area contributed by atoms with Gasteiger partial charge in [-0.15, -0.1) is 0 Å². The zero-order valence-electron chi connectivity index (χ0n) is 16.2. The molecule has 7 nitrogen and oxygen atoms in total. The summed E-state index contributed by atoms with van der Waals surface area (Å²) in [7, 11) is 2.81. The number of likely N-dealkylation sites (N-methyl/N-ethyl adjacent to an activating group) is 1. The number of hydrogen-bond acceptors (Lipinski definition) is 5. The molecule has 0 atom stereocenters. The van der Waals surface area contributed by atoms with Gasteiger partial charge in [0.15, 0.2) is 5.78 Å². The number of H-pyrrole nitrogens is 1. The van der Waals surface area contributed by atoms with Gasteiger partial charge in [0, 0.05) is 23.4 Å². The van der Waals surface area contributed by atoms with Crippen LogP contribution in [0.15, 0.2) is 24.3 Å². The fourth-order valence-corrected chi connectivity index (χ4v) is 2.99. The molecule has 0 bridgehead atoms. The van der Waals surface area contributed by atoms with Gasteiger partial charge in [0.25, 0.3) is 5.91 Å². The second-order valence-corrected chi connectivity index (χ2v) is 6.09. The SMILES string of the molecule is CCN(CC(=O)c1c(C)[nH]c(C(=O)OC)c1C)C(=O)c1cccc(OC)c1. The average molecular weight is 372 g/mol. The van der Waals surface area contributed by atoms with E-state index in [9.17, 15) is 14.4 Å². The molecule has 0 aliphatic carbocycles. The summed E-state index contributed by atoms with van der Waals surface area (Å²) >= 11 is 0. The van der Waals surface area contributed by atoms with Gasteiger partial charge in [-0.1, -0.05) is 6.07 Å². The third-order valence-electron chi connectivity index (χ3n) is 4.43. The Bertz CT molecular complexity index is 869. The maximum absolute atomic E-state index is 12.8. The molecule has 0 aliphatic rings. The average Bonchev–Trinajstić information content (AvgIpc) is 2.98. The Morgan fingerprint density at radius 2 is 1.85 bits per heavy atom. The predicted octanol–water partition coefficient (Wildman–Crippen LogP) is 2.77. The number of carbonyl (C=O) groups excluding carboxylic acids is 3. The Hall–Kier alpha value is -3.09. The molecule has 0 radical (unpaired) electrons. The van der Waals surface area contributed by atoms with Crippen molar-refractivity contribution in [3.05, 3.63) is 52.3 Å². The molecule has 1 aromatic carbocycles. The lowest BCUT2D eigenvalue weighted by Crippen LogP contribution is -2.35. The van der Waals surface area contributed by atoms with E-state index in [1.165, 1.54) is 19.1 Å². The van der Waals surface area contributed by atoms with Crippen molar-refractivity contribution in [2.45, 2.75) is 20.8 Å². The molecule has 1 aromatic heterocycles. The number of ketones is 1. The van der Waals surface area contributed by atoms with Crippen molar-refractivity contribution < 1.29 is 23.9 Å². The first-order valence-electron chi connectivity index (χ1n) is 8.58. The van der Waals surface area contributed by atoms with Gasteiger partial charge in [0.1, 0.15) is 11.4 Å². The molecule has 2 rings (SSSR count). The number of esters is 1. The molecule has 0 fully saturated rings. The summed E-state index contributed by atoms with van der Waals surface area (Å²) in [5.74, 6) is -0.462. The first-order valence-corrected chi connectivity index (χ1v) is 8.58. The Morgan fingerprint density at radius 1 is 1.15 bits per heavy atom. The molecule has 0 unspecified atom stereocenters. The molecule has 2 aromatic rings. The highest BCUT2D eigenvalue weighted by molar-refractivity contribution is 6.05. The lowest BCUT2D eigenvalue weighted by Gasteiger charge is -2.20. The van der Waals surface area contributed by atoms with Crippen molar-refractivity contribution in [3.63, 3.8) is 0 Å². The molecule has 1 heterocycles. The number of hydrogen-bond donors (Lipinski definition) is 1. The summed E-state index contributed by atoms with van der Waals surface area (Å²) < 4.78 is 9.88. The van der Waals surface area contributed by atoms with Crippen molar-refractivity contribution >= 4 is 17.7 Å². The Morgan fingerprint density at radius 3 is 2.44 bits per heavy atom. The van der Waals surface area contributed by atoms with E-state index in [1.54, 1.807) is 38.1 Å². The van der Waals surface area contributed by atoms with Gasteiger partial charge in [0.05, 0.1) is 20.8 Å². The molecule has 0 aliphatic heterocycles. The van der Waals surface area contributed by atoms with Gasteiger partial charge in [-0.25, -0.2) is 4.79 Å². The van der Waals surface area contributed by atoms with Crippen LogP contribution < -0.4 is 4.74 Å². The van der Waals surface area contributed by atoms with Crippen LogP contribution in [-0.2, 0) is 4.74 Å². The van der Waals surface area contributed by atoms with Crippen LogP contribution in [0.5, 0.6) is 5.75 Å². The summed E-state index contributed by atoms with van der Waals surface area (Å²) in [6.45, 7) is 5.49. The van der Waals surface area contributed by atoms with Gasteiger partial charge in [-0.2, -0.15) is 0 Å². The Balaban J connectivity index is 2.26. The van der Waals surface area contributed by atoms with Crippen LogP contribution in [0.2, 0.25) is 0 Å². The Kier molecular flexibility index (Phi) is 6.39. The van der Waals surface area contributed by atoms with E-state index < -0.39 is 5.97 Å². The van der Waals surface area contributed by atoms with Crippen LogP contribution >= 0.6 is 0 Å². The minimum absolute atomic E-state index is 0.0906. The van der Waals surface area contributed by atoms with E-state index in [2.05, 4.69) is 4.98 Å². The number of carbonyl (C=O) groups is 3. The molecule has 27 heavy (non-hydrogen) atoms. The zero-order valence-corrected chi connectivity index (χ0v) is 16.2. The highest BCUT2D eigenvalue weighted by atomic mass is 16.5.